The highest BCUT2D eigenvalue weighted by Gasteiger charge is 2.89. The second kappa shape index (κ2) is 2.98. The molecule has 3 fully saturated rings. The predicted molar refractivity (Wildman–Crippen MR) is 54.8 cm³/mol. The molecule has 3 aliphatic carbocycles. The molecule has 0 heterocycles. The monoisotopic (exact) mass is 196 g/mol. The first-order chi connectivity index (χ1) is 6.77. The molecular formula is C12H20O2. The third-order valence-corrected chi connectivity index (χ3v) is 4.11. The molecule has 0 atom stereocenters. The SMILES string of the molecule is CC.CCOC(=O)C1C2(CC2)C12CC2. The number of ether oxygens (including phenoxy) is 1. The lowest BCUT2D eigenvalue weighted by Crippen LogP contribution is -2.08. The van der Waals surface area contributed by atoms with Crippen molar-refractivity contribution < 1.29 is 9.53 Å². The molecule has 3 rings (SSSR count). The van der Waals surface area contributed by atoms with Crippen LogP contribution in [0, 0.1) is 16.7 Å². The van der Waals surface area contributed by atoms with Crippen LogP contribution >= 0.6 is 0 Å². The first-order valence-electron chi connectivity index (χ1n) is 5.93. The number of carbonyl (C=O) groups excluding carboxylic acids is 1. The van der Waals surface area contributed by atoms with Crippen molar-refractivity contribution in [2.24, 2.45) is 16.7 Å². The third kappa shape index (κ3) is 0.999. The van der Waals surface area contributed by atoms with Crippen molar-refractivity contribution in [2.45, 2.75) is 46.5 Å². The lowest BCUT2D eigenvalue weighted by molar-refractivity contribution is -0.145. The van der Waals surface area contributed by atoms with Gasteiger partial charge in [0.2, 0.25) is 0 Å². The smallest absolute Gasteiger partial charge is 0.310 e. The van der Waals surface area contributed by atoms with Crippen LogP contribution in [0.5, 0.6) is 0 Å². The summed E-state index contributed by atoms with van der Waals surface area (Å²) in [5.41, 5.74) is 0.943. The van der Waals surface area contributed by atoms with E-state index in [1.54, 1.807) is 0 Å². The molecule has 0 aromatic heterocycles. The zero-order valence-corrected chi connectivity index (χ0v) is 9.43. The zero-order chi connectivity index (χ0) is 10.4. The number of hydrogen-bond acceptors (Lipinski definition) is 2. The molecule has 2 heteroatoms. The third-order valence-electron chi connectivity index (χ3n) is 4.11. The van der Waals surface area contributed by atoms with Crippen LogP contribution in [0.2, 0.25) is 0 Å². The van der Waals surface area contributed by atoms with Gasteiger partial charge in [0.05, 0.1) is 12.5 Å². The Bertz CT molecular complexity index is 231. The Labute approximate surface area is 86.0 Å². The lowest BCUT2D eigenvalue weighted by atomic mass is 10.3. The van der Waals surface area contributed by atoms with Crippen molar-refractivity contribution in [2.75, 3.05) is 6.61 Å². The molecule has 0 aromatic carbocycles. The van der Waals surface area contributed by atoms with Crippen molar-refractivity contribution in [1.82, 2.24) is 0 Å². The standard InChI is InChI=1S/C10H14O2.C2H6/c1-2-12-8(11)7-9(3-4-9)10(7)5-6-10;1-2/h7H,2-6H2,1H3;1-2H3. The molecule has 0 radical (unpaired) electrons. The van der Waals surface area contributed by atoms with Crippen molar-refractivity contribution in [3.05, 3.63) is 0 Å². The van der Waals surface area contributed by atoms with E-state index in [4.69, 9.17) is 4.74 Å². The molecule has 14 heavy (non-hydrogen) atoms. The molecule has 0 unspecified atom stereocenters. The molecule has 0 bridgehead atoms. The van der Waals surface area contributed by atoms with E-state index in [-0.39, 0.29) is 5.97 Å². The maximum absolute atomic E-state index is 11.5. The Kier molecular flexibility index (Phi) is 2.13. The van der Waals surface area contributed by atoms with Gasteiger partial charge < -0.3 is 4.74 Å². The summed E-state index contributed by atoms with van der Waals surface area (Å²) in [4.78, 5) is 11.5. The average Bonchev–Trinajstić information content (AvgIpc) is 3.04. The van der Waals surface area contributed by atoms with Crippen LogP contribution in [-0.4, -0.2) is 12.6 Å². The Balaban J connectivity index is 0.000000354. The molecule has 2 spiro atoms. The topological polar surface area (TPSA) is 26.3 Å². The van der Waals surface area contributed by atoms with E-state index >= 15 is 0 Å². The molecule has 0 aliphatic heterocycles. The Hall–Kier alpha value is -0.530. The summed E-state index contributed by atoms with van der Waals surface area (Å²) in [6, 6.07) is 0. The van der Waals surface area contributed by atoms with Crippen LogP contribution in [0.1, 0.15) is 46.5 Å². The normalized spacial score (nSPS) is 31.8. The lowest BCUT2D eigenvalue weighted by Gasteiger charge is -1.98. The summed E-state index contributed by atoms with van der Waals surface area (Å²) >= 11 is 0. The van der Waals surface area contributed by atoms with Gasteiger partial charge in [-0.2, -0.15) is 0 Å². The molecule has 0 amide bonds. The number of rotatable bonds is 2. The van der Waals surface area contributed by atoms with Crippen molar-refractivity contribution in [1.29, 1.82) is 0 Å². The first-order valence-corrected chi connectivity index (χ1v) is 5.93. The largest absolute Gasteiger partial charge is 0.466 e. The van der Waals surface area contributed by atoms with Crippen LogP contribution in [0.15, 0.2) is 0 Å². The summed E-state index contributed by atoms with van der Waals surface area (Å²) in [7, 11) is 0. The summed E-state index contributed by atoms with van der Waals surface area (Å²) in [6.07, 6.45) is 5.15. The van der Waals surface area contributed by atoms with Gasteiger partial charge >= 0.3 is 5.97 Å². The predicted octanol–water partition coefficient (Wildman–Crippen LogP) is 2.77. The average molecular weight is 196 g/mol. The minimum atomic E-state index is 0.0903. The molecule has 80 valence electrons. The van der Waals surface area contributed by atoms with Crippen LogP contribution < -0.4 is 0 Å². The fourth-order valence-corrected chi connectivity index (χ4v) is 3.26. The highest BCUT2D eigenvalue weighted by atomic mass is 16.5. The van der Waals surface area contributed by atoms with Gasteiger partial charge in [-0.3, -0.25) is 4.79 Å². The van der Waals surface area contributed by atoms with Crippen molar-refractivity contribution >= 4 is 5.97 Å². The highest BCUT2D eigenvalue weighted by Crippen LogP contribution is 2.92. The fourth-order valence-electron chi connectivity index (χ4n) is 3.26. The number of carbonyl (C=O) groups is 1. The fraction of sp³-hybridized carbons (Fsp3) is 0.917. The van der Waals surface area contributed by atoms with Gasteiger partial charge in [0.15, 0.2) is 0 Å². The maximum Gasteiger partial charge on any atom is 0.310 e. The van der Waals surface area contributed by atoms with Crippen LogP contribution in [0.25, 0.3) is 0 Å². The number of fused-ring (bicyclic) bond motifs is 1. The van der Waals surface area contributed by atoms with E-state index in [1.807, 2.05) is 20.8 Å². The van der Waals surface area contributed by atoms with Gasteiger partial charge in [0.1, 0.15) is 0 Å². The van der Waals surface area contributed by atoms with Gasteiger partial charge in [-0.15, -0.1) is 0 Å². The molecule has 0 N–H and O–H groups in total. The number of hydrogen-bond donors (Lipinski definition) is 0. The summed E-state index contributed by atoms with van der Waals surface area (Å²) in [6.45, 7) is 6.43. The van der Waals surface area contributed by atoms with E-state index in [9.17, 15) is 4.79 Å². The molecular weight excluding hydrogens is 176 g/mol. The van der Waals surface area contributed by atoms with E-state index in [1.165, 1.54) is 25.7 Å². The summed E-state index contributed by atoms with van der Waals surface area (Å²) < 4.78 is 5.08. The van der Waals surface area contributed by atoms with E-state index < -0.39 is 0 Å². The second-order valence-electron chi connectivity index (χ2n) is 4.50. The summed E-state index contributed by atoms with van der Waals surface area (Å²) in [5, 5.41) is 0. The molecule has 3 saturated carbocycles. The van der Waals surface area contributed by atoms with Crippen LogP contribution in [0.4, 0.5) is 0 Å². The minimum Gasteiger partial charge on any atom is -0.466 e. The minimum absolute atomic E-state index is 0.0903. The maximum atomic E-state index is 11.5. The Morgan fingerprint density at radius 1 is 1.21 bits per heavy atom. The van der Waals surface area contributed by atoms with Gasteiger partial charge in [-0.1, -0.05) is 13.8 Å². The van der Waals surface area contributed by atoms with E-state index in [0.29, 0.717) is 23.4 Å². The quantitative estimate of drug-likeness (QED) is 0.635. The first kappa shape index (κ1) is 10.0. The van der Waals surface area contributed by atoms with E-state index in [2.05, 4.69) is 0 Å². The highest BCUT2D eigenvalue weighted by molar-refractivity contribution is 5.81. The van der Waals surface area contributed by atoms with Crippen LogP contribution in [-0.2, 0) is 9.53 Å². The second-order valence-corrected chi connectivity index (χ2v) is 4.50. The molecule has 2 nitrogen and oxygen atoms in total. The Morgan fingerprint density at radius 2 is 1.64 bits per heavy atom. The zero-order valence-electron chi connectivity index (χ0n) is 9.43. The van der Waals surface area contributed by atoms with Gasteiger partial charge in [0.25, 0.3) is 0 Å². The van der Waals surface area contributed by atoms with Crippen molar-refractivity contribution in [3.8, 4) is 0 Å². The number of esters is 1. The molecule has 0 saturated heterocycles. The van der Waals surface area contributed by atoms with E-state index in [0.717, 1.165) is 0 Å². The van der Waals surface area contributed by atoms with Crippen molar-refractivity contribution in [3.63, 3.8) is 0 Å². The van der Waals surface area contributed by atoms with Gasteiger partial charge in [-0.25, -0.2) is 0 Å². The summed E-state index contributed by atoms with van der Waals surface area (Å²) in [5.74, 6) is 0.400. The van der Waals surface area contributed by atoms with Crippen LogP contribution in [0.3, 0.4) is 0 Å². The Morgan fingerprint density at radius 3 is 1.93 bits per heavy atom. The molecule has 3 aliphatic rings. The molecule has 0 aromatic rings. The van der Waals surface area contributed by atoms with Gasteiger partial charge in [-0.05, 0) is 43.4 Å². The van der Waals surface area contributed by atoms with Gasteiger partial charge in [0, 0.05) is 0 Å².